The molecule has 58 valence electrons. The van der Waals surface area contributed by atoms with Gasteiger partial charge in [-0.2, -0.15) is 0 Å². The zero-order chi connectivity index (χ0) is 7.98. The predicted octanol–water partition coefficient (Wildman–Crippen LogP) is -0.0301. The molecule has 1 aliphatic heterocycles. The Morgan fingerprint density at radius 3 is 2.30 bits per heavy atom. The molecule has 5 heteroatoms. The van der Waals surface area contributed by atoms with Crippen LogP contribution in [0.5, 0.6) is 0 Å². The molecule has 1 rings (SSSR count). The Kier molecular flexibility index (Phi) is 5.57. The van der Waals surface area contributed by atoms with Crippen molar-refractivity contribution in [1.29, 1.82) is 0 Å². The molecule has 0 aromatic rings. The smallest absolute Gasteiger partial charge is 0.235 e. The zero-order valence-electron chi connectivity index (χ0n) is 5.93. The Morgan fingerprint density at radius 2 is 2.20 bits per heavy atom. The summed E-state index contributed by atoms with van der Waals surface area (Å²) in [7, 11) is 3.75. The monoisotopic (exact) mass is 178 g/mol. The first-order valence-electron chi connectivity index (χ1n) is 2.75. The second-order valence-electron chi connectivity index (χ2n) is 1.62. The minimum Gasteiger partial charge on any atom is -0.323 e. The van der Waals surface area contributed by atoms with Crippen molar-refractivity contribution >= 4 is 34.2 Å². The fraction of sp³-hybridized carbons (Fsp3) is 0.600. The highest BCUT2D eigenvalue weighted by molar-refractivity contribution is 8.24. The maximum absolute atomic E-state index is 10.2. The van der Waals surface area contributed by atoms with E-state index in [0.717, 1.165) is 0 Å². The molecular weight excluding hydrogens is 168 g/mol. The van der Waals surface area contributed by atoms with Crippen molar-refractivity contribution in [3.05, 3.63) is 0 Å². The van der Waals surface area contributed by atoms with Crippen LogP contribution in [0.2, 0.25) is 0 Å². The van der Waals surface area contributed by atoms with Crippen LogP contribution in [0.15, 0.2) is 0 Å². The van der Waals surface area contributed by atoms with E-state index in [0.29, 0.717) is 10.1 Å². The molecule has 0 aromatic heterocycles. The number of nitrogens with one attached hydrogen (secondary N) is 2. The molecule has 0 saturated carbocycles. The van der Waals surface area contributed by atoms with E-state index in [9.17, 15) is 4.79 Å². The molecule has 2 N–H and O–H groups in total. The number of thioether (sulfide) groups is 1. The summed E-state index contributed by atoms with van der Waals surface area (Å²) in [6, 6.07) is 0. The van der Waals surface area contributed by atoms with Gasteiger partial charge >= 0.3 is 0 Å². The van der Waals surface area contributed by atoms with Gasteiger partial charge in [-0.25, -0.2) is 0 Å². The van der Waals surface area contributed by atoms with Gasteiger partial charge in [0.25, 0.3) is 0 Å². The summed E-state index contributed by atoms with van der Waals surface area (Å²) in [5.41, 5.74) is 0. The van der Waals surface area contributed by atoms with Gasteiger partial charge in [-0.15, -0.1) is 0 Å². The van der Waals surface area contributed by atoms with Crippen LogP contribution in [0.25, 0.3) is 0 Å². The molecule has 1 heterocycles. The van der Waals surface area contributed by atoms with Crippen molar-refractivity contribution in [3.8, 4) is 0 Å². The molecular formula is C5H10N2OS2. The summed E-state index contributed by atoms with van der Waals surface area (Å²) in [5.74, 6) is 0.522. The van der Waals surface area contributed by atoms with Crippen molar-refractivity contribution in [1.82, 2.24) is 10.6 Å². The molecule has 0 spiro atoms. The summed E-state index contributed by atoms with van der Waals surface area (Å²) in [6.45, 7) is 0. The van der Waals surface area contributed by atoms with Crippen molar-refractivity contribution in [3.63, 3.8) is 0 Å². The Labute approximate surface area is 69.9 Å². The lowest BCUT2D eigenvalue weighted by Crippen LogP contribution is -2.18. The van der Waals surface area contributed by atoms with E-state index >= 15 is 0 Å². The summed E-state index contributed by atoms with van der Waals surface area (Å²) in [6.07, 6.45) is 0. The summed E-state index contributed by atoms with van der Waals surface area (Å²) in [5, 5.41) is 5.22. The van der Waals surface area contributed by atoms with Gasteiger partial charge in [0.2, 0.25) is 5.91 Å². The van der Waals surface area contributed by atoms with Crippen molar-refractivity contribution in [2.24, 2.45) is 0 Å². The number of amides is 1. The van der Waals surface area contributed by atoms with Crippen molar-refractivity contribution < 1.29 is 4.79 Å². The second kappa shape index (κ2) is 5.64. The number of carbonyl (C=O) groups excluding carboxylic acids is 1. The van der Waals surface area contributed by atoms with Crippen molar-refractivity contribution in [2.45, 2.75) is 0 Å². The SMILES string of the molecule is CNC.O=C1CSC(=S)N1. The molecule has 0 aromatic carbocycles. The number of hydrogen-bond acceptors (Lipinski definition) is 4. The van der Waals surface area contributed by atoms with Crippen LogP contribution in [0.1, 0.15) is 0 Å². The third-order valence-corrected chi connectivity index (χ3v) is 1.80. The molecule has 1 amide bonds. The van der Waals surface area contributed by atoms with Gasteiger partial charge < -0.3 is 10.6 Å². The van der Waals surface area contributed by atoms with Crippen LogP contribution in [-0.4, -0.2) is 30.1 Å². The van der Waals surface area contributed by atoms with Crippen LogP contribution >= 0.6 is 24.0 Å². The fourth-order valence-corrected chi connectivity index (χ4v) is 1.13. The first kappa shape index (κ1) is 9.87. The van der Waals surface area contributed by atoms with Crippen LogP contribution in [-0.2, 0) is 4.79 Å². The molecule has 10 heavy (non-hydrogen) atoms. The zero-order valence-corrected chi connectivity index (χ0v) is 7.56. The molecule has 1 saturated heterocycles. The Hall–Kier alpha value is -0.130. The standard InChI is InChI=1S/C3H3NOS2.C2H7N/c5-2-1-7-3(6)4-2;1-3-2/h1H2,(H,4,5,6);3H,1-2H3. The third-order valence-electron chi connectivity index (χ3n) is 0.576. The number of rotatable bonds is 0. The van der Waals surface area contributed by atoms with E-state index in [2.05, 4.69) is 22.9 Å². The first-order chi connectivity index (χ1) is 4.70. The van der Waals surface area contributed by atoms with Gasteiger partial charge in [0.05, 0.1) is 5.75 Å². The molecule has 1 aliphatic rings. The van der Waals surface area contributed by atoms with Gasteiger partial charge in [-0.05, 0) is 14.1 Å². The Morgan fingerprint density at radius 1 is 1.70 bits per heavy atom. The molecule has 1 fully saturated rings. The average molecular weight is 178 g/mol. The average Bonchev–Trinajstić information content (AvgIpc) is 2.17. The summed E-state index contributed by atoms with van der Waals surface area (Å²) >= 11 is 6.00. The number of thiocarbonyl (C=S) groups is 1. The van der Waals surface area contributed by atoms with Crippen LogP contribution in [0.4, 0.5) is 0 Å². The minimum absolute atomic E-state index is 0.0231. The predicted molar refractivity (Wildman–Crippen MR) is 48.2 cm³/mol. The van der Waals surface area contributed by atoms with E-state index in [1.807, 2.05) is 14.1 Å². The highest BCUT2D eigenvalue weighted by Crippen LogP contribution is 2.06. The van der Waals surface area contributed by atoms with E-state index < -0.39 is 0 Å². The Bertz CT molecular complexity index is 124. The summed E-state index contributed by atoms with van der Waals surface area (Å²) in [4.78, 5) is 10.2. The second-order valence-corrected chi connectivity index (χ2v) is 3.28. The number of carbonyl (C=O) groups is 1. The van der Waals surface area contributed by atoms with Gasteiger partial charge in [0.15, 0.2) is 0 Å². The van der Waals surface area contributed by atoms with Gasteiger partial charge in [0, 0.05) is 0 Å². The number of hydrogen-bond donors (Lipinski definition) is 2. The van der Waals surface area contributed by atoms with Gasteiger partial charge in [0.1, 0.15) is 4.32 Å². The van der Waals surface area contributed by atoms with E-state index in [1.54, 1.807) is 0 Å². The largest absolute Gasteiger partial charge is 0.323 e. The lowest BCUT2D eigenvalue weighted by Gasteiger charge is -1.81. The lowest BCUT2D eigenvalue weighted by molar-refractivity contribution is -0.116. The van der Waals surface area contributed by atoms with Crippen LogP contribution in [0.3, 0.4) is 0 Å². The highest BCUT2D eigenvalue weighted by atomic mass is 32.2. The molecule has 0 unspecified atom stereocenters. The molecule has 0 radical (unpaired) electrons. The maximum atomic E-state index is 10.2. The summed E-state index contributed by atoms with van der Waals surface area (Å²) < 4.78 is 0.602. The molecule has 0 atom stereocenters. The first-order valence-corrected chi connectivity index (χ1v) is 4.15. The molecule has 3 nitrogen and oxygen atoms in total. The highest BCUT2D eigenvalue weighted by Gasteiger charge is 2.13. The van der Waals surface area contributed by atoms with Crippen molar-refractivity contribution in [2.75, 3.05) is 19.8 Å². The van der Waals surface area contributed by atoms with E-state index in [-0.39, 0.29) is 5.91 Å². The minimum atomic E-state index is 0.0231. The third kappa shape index (κ3) is 4.72. The van der Waals surface area contributed by atoms with E-state index in [1.165, 1.54) is 11.8 Å². The van der Waals surface area contributed by atoms with Gasteiger partial charge in [-0.1, -0.05) is 24.0 Å². The van der Waals surface area contributed by atoms with Crippen LogP contribution < -0.4 is 10.6 Å². The molecule has 0 aliphatic carbocycles. The van der Waals surface area contributed by atoms with Crippen LogP contribution in [0, 0.1) is 0 Å². The quantitative estimate of drug-likeness (QED) is 0.511. The fourth-order valence-electron chi connectivity index (χ4n) is 0.317. The molecule has 0 bridgehead atoms. The van der Waals surface area contributed by atoms with E-state index in [4.69, 9.17) is 0 Å². The Balaban J connectivity index is 0.000000236. The topological polar surface area (TPSA) is 41.1 Å². The normalized spacial score (nSPS) is 15.8. The van der Waals surface area contributed by atoms with Gasteiger partial charge in [-0.3, -0.25) is 4.79 Å². The maximum Gasteiger partial charge on any atom is 0.235 e. The lowest BCUT2D eigenvalue weighted by atomic mass is 10.7.